The summed E-state index contributed by atoms with van der Waals surface area (Å²) in [7, 11) is 0. The first-order valence-corrected chi connectivity index (χ1v) is 7.28. The number of benzene rings is 1. The second-order valence-corrected chi connectivity index (χ2v) is 4.91. The van der Waals surface area contributed by atoms with Crippen molar-refractivity contribution in [3.8, 4) is 5.75 Å². The zero-order chi connectivity index (χ0) is 15.8. The Hall–Kier alpha value is -1.59. The molecule has 0 saturated carbocycles. The third kappa shape index (κ3) is 5.36. The smallest absolute Gasteiger partial charge is 0.387 e. The topological polar surface area (TPSA) is 38.5 Å². The van der Waals surface area contributed by atoms with E-state index in [1.54, 1.807) is 0 Å². The van der Waals surface area contributed by atoms with Crippen molar-refractivity contribution in [2.24, 2.45) is 0 Å². The van der Waals surface area contributed by atoms with E-state index < -0.39 is 18.2 Å². The van der Waals surface area contributed by atoms with Crippen LogP contribution < -0.4 is 15.4 Å². The molecule has 0 aromatic heterocycles. The van der Waals surface area contributed by atoms with E-state index in [0.29, 0.717) is 5.69 Å². The highest BCUT2D eigenvalue weighted by Crippen LogP contribution is 2.32. The van der Waals surface area contributed by atoms with Crippen LogP contribution in [0.3, 0.4) is 0 Å². The molecular weight excluding hydrogens is 281 g/mol. The van der Waals surface area contributed by atoms with Crippen molar-refractivity contribution in [2.75, 3.05) is 23.7 Å². The summed E-state index contributed by atoms with van der Waals surface area (Å²) in [5.74, 6) is -1.34. The standard InChI is InChI=1S/C15H23F3N2O/c1-3-5-7-20(8-6-4-2)13-10-14(21-15(17)18)11(16)9-12(13)19/h9-10,15H,3-8,19H2,1-2H3. The number of hydrogen-bond donors (Lipinski definition) is 1. The third-order valence-electron chi connectivity index (χ3n) is 3.20. The first-order chi connectivity index (χ1) is 9.99. The molecule has 0 bridgehead atoms. The molecule has 1 aromatic carbocycles. The Balaban J connectivity index is 3.03. The summed E-state index contributed by atoms with van der Waals surface area (Å²) in [6.07, 6.45) is 3.91. The maximum atomic E-state index is 13.6. The van der Waals surface area contributed by atoms with Gasteiger partial charge in [-0.05, 0) is 12.8 Å². The number of rotatable bonds is 9. The zero-order valence-corrected chi connectivity index (χ0v) is 12.5. The molecule has 0 aliphatic heterocycles. The van der Waals surface area contributed by atoms with E-state index in [-0.39, 0.29) is 5.69 Å². The molecule has 0 aliphatic carbocycles. The van der Waals surface area contributed by atoms with Crippen LogP contribution in [0, 0.1) is 5.82 Å². The lowest BCUT2D eigenvalue weighted by atomic mass is 10.2. The second kappa shape index (κ2) is 8.64. The van der Waals surface area contributed by atoms with Gasteiger partial charge in [-0.15, -0.1) is 0 Å². The molecule has 0 atom stereocenters. The Morgan fingerprint density at radius 3 is 2.19 bits per heavy atom. The highest BCUT2D eigenvalue weighted by atomic mass is 19.3. The van der Waals surface area contributed by atoms with Crippen LogP contribution in [0.25, 0.3) is 0 Å². The highest BCUT2D eigenvalue weighted by molar-refractivity contribution is 5.70. The minimum Gasteiger partial charge on any atom is -0.432 e. The monoisotopic (exact) mass is 304 g/mol. The Morgan fingerprint density at radius 1 is 1.14 bits per heavy atom. The maximum absolute atomic E-state index is 13.6. The summed E-state index contributed by atoms with van der Waals surface area (Å²) in [4.78, 5) is 2.00. The SMILES string of the molecule is CCCCN(CCCC)c1cc(OC(F)F)c(F)cc1N. The van der Waals surface area contributed by atoms with Gasteiger partial charge in [0.15, 0.2) is 11.6 Å². The molecule has 0 heterocycles. The largest absolute Gasteiger partial charge is 0.432 e. The molecule has 6 heteroatoms. The minimum absolute atomic E-state index is 0.237. The van der Waals surface area contributed by atoms with Crippen LogP contribution in [0.15, 0.2) is 12.1 Å². The van der Waals surface area contributed by atoms with Gasteiger partial charge in [0.1, 0.15) is 0 Å². The van der Waals surface area contributed by atoms with Gasteiger partial charge in [0.25, 0.3) is 0 Å². The Labute approximate surface area is 123 Å². The summed E-state index contributed by atoms with van der Waals surface area (Å²) < 4.78 is 42.4. The van der Waals surface area contributed by atoms with E-state index in [2.05, 4.69) is 18.6 Å². The van der Waals surface area contributed by atoms with Gasteiger partial charge < -0.3 is 15.4 Å². The molecule has 2 N–H and O–H groups in total. The Morgan fingerprint density at radius 2 is 1.71 bits per heavy atom. The van der Waals surface area contributed by atoms with Crippen molar-refractivity contribution in [3.63, 3.8) is 0 Å². The lowest BCUT2D eigenvalue weighted by Crippen LogP contribution is -2.26. The first-order valence-electron chi connectivity index (χ1n) is 7.28. The van der Waals surface area contributed by atoms with Crippen LogP contribution >= 0.6 is 0 Å². The molecule has 3 nitrogen and oxygen atoms in total. The van der Waals surface area contributed by atoms with Gasteiger partial charge in [-0.2, -0.15) is 8.78 Å². The third-order valence-corrected chi connectivity index (χ3v) is 3.20. The summed E-state index contributed by atoms with van der Waals surface area (Å²) in [6, 6.07) is 2.31. The van der Waals surface area contributed by atoms with Crippen molar-refractivity contribution in [1.82, 2.24) is 0 Å². The number of hydrogen-bond acceptors (Lipinski definition) is 3. The lowest BCUT2D eigenvalue weighted by Gasteiger charge is -2.26. The van der Waals surface area contributed by atoms with Crippen molar-refractivity contribution in [1.29, 1.82) is 0 Å². The minimum atomic E-state index is -3.06. The summed E-state index contributed by atoms with van der Waals surface area (Å²) in [5, 5.41) is 0. The number of nitrogens with zero attached hydrogens (tertiary/aromatic N) is 1. The van der Waals surface area contributed by atoms with Crippen molar-refractivity contribution < 1.29 is 17.9 Å². The number of anilines is 2. The number of unbranched alkanes of at least 4 members (excludes halogenated alkanes) is 2. The molecular formula is C15H23F3N2O. The molecule has 0 amide bonds. The molecule has 0 spiro atoms. The van der Waals surface area contributed by atoms with Gasteiger partial charge in [0.2, 0.25) is 0 Å². The van der Waals surface area contributed by atoms with Gasteiger partial charge in [-0.1, -0.05) is 26.7 Å². The van der Waals surface area contributed by atoms with Crippen molar-refractivity contribution >= 4 is 11.4 Å². The van der Waals surface area contributed by atoms with Crippen LogP contribution in [0.5, 0.6) is 5.75 Å². The predicted octanol–water partition coefficient (Wildman–Crippen LogP) is 4.42. The number of alkyl halides is 2. The molecule has 0 saturated heterocycles. The van der Waals surface area contributed by atoms with Crippen LogP contribution in [0.1, 0.15) is 39.5 Å². The molecule has 120 valence electrons. The number of nitrogen functional groups attached to an aromatic ring is 1. The van der Waals surface area contributed by atoms with Gasteiger partial charge in [-0.25, -0.2) is 4.39 Å². The fraction of sp³-hybridized carbons (Fsp3) is 0.600. The number of nitrogens with two attached hydrogens (primary N) is 1. The van der Waals surface area contributed by atoms with Crippen LogP contribution in [0.2, 0.25) is 0 Å². The fourth-order valence-electron chi connectivity index (χ4n) is 2.07. The number of halogens is 3. The number of ether oxygens (including phenoxy) is 1. The van der Waals surface area contributed by atoms with Crippen molar-refractivity contribution in [3.05, 3.63) is 17.9 Å². The fourth-order valence-corrected chi connectivity index (χ4v) is 2.07. The van der Waals surface area contributed by atoms with Crippen LogP contribution in [0.4, 0.5) is 24.5 Å². The molecule has 1 aromatic rings. The zero-order valence-electron chi connectivity index (χ0n) is 12.5. The average molecular weight is 304 g/mol. The van der Waals surface area contributed by atoms with Crippen LogP contribution in [-0.4, -0.2) is 19.7 Å². The van der Waals surface area contributed by atoms with Gasteiger partial charge in [-0.3, -0.25) is 0 Å². The normalized spacial score (nSPS) is 11.0. The van der Waals surface area contributed by atoms with Gasteiger partial charge in [0, 0.05) is 25.2 Å². The molecule has 0 unspecified atom stereocenters. The van der Waals surface area contributed by atoms with E-state index in [0.717, 1.165) is 44.8 Å². The summed E-state index contributed by atoms with van der Waals surface area (Å²) >= 11 is 0. The Bertz CT molecular complexity index is 433. The molecule has 21 heavy (non-hydrogen) atoms. The molecule has 1 rings (SSSR count). The van der Waals surface area contributed by atoms with E-state index in [4.69, 9.17) is 5.73 Å². The highest BCUT2D eigenvalue weighted by Gasteiger charge is 2.17. The van der Waals surface area contributed by atoms with E-state index in [1.165, 1.54) is 6.07 Å². The molecule has 0 radical (unpaired) electrons. The Kier molecular flexibility index (Phi) is 7.19. The molecule has 0 fully saturated rings. The molecule has 0 aliphatic rings. The van der Waals surface area contributed by atoms with Crippen LogP contribution in [-0.2, 0) is 0 Å². The maximum Gasteiger partial charge on any atom is 0.387 e. The lowest BCUT2D eigenvalue weighted by molar-refractivity contribution is -0.0521. The van der Waals surface area contributed by atoms with E-state index in [1.807, 2.05) is 4.90 Å². The quantitative estimate of drug-likeness (QED) is 0.686. The van der Waals surface area contributed by atoms with Crippen molar-refractivity contribution in [2.45, 2.75) is 46.1 Å². The summed E-state index contributed by atoms with van der Waals surface area (Å²) in [6.45, 7) is 2.58. The average Bonchev–Trinajstić information content (AvgIpc) is 2.42. The van der Waals surface area contributed by atoms with E-state index in [9.17, 15) is 13.2 Å². The predicted molar refractivity (Wildman–Crippen MR) is 79.5 cm³/mol. The van der Waals surface area contributed by atoms with Gasteiger partial charge in [0.05, 0.1) is 11.4 Å². The second-order valence-electron chi connectivity index (χ2n) is 4.91. The van der Waals surface area contributed by atoms with E-state index >= 15 is 0 Å². The first kappa shape index (κ1) is 17.5. The summed E-state index contributed by atoms with van der Waals surface area (Å²) in [5.41, 5.74) is 6.63. The van der Waals surface area contributed by atoms with Gasteiger partial charge >= 0.3 is 6.61 Å².